The van der Waals surface area contributed by atoms with Gasteiger partial charge >= 0.3 is 5.69 Å². The fourth-order valence-electron chi connectivity index (χ4n) is 3.18. The monoisotopic (exact) mass is 406 g/mol. The van der Waals surface area contributed by atoms with Gasteiger partial charge in [-0.2, -0.15) is 0 Å². The fourth-order valence-corrected chi connectivity index (χ4v) is 4.51. The van der Waals surface area contributed by atoms with Gasteiger partial charge in [-0.05, 0) is 18.6 Å². The number of piperidine rings is 1. The number of hydrogen-bond donors (Lipinski definition) is 2. The Labute approximate surface area is 161 Å². The minimum absolute atomic E-state index is 0.109. The summed E-state index contributed by atoms with van der Waals surface area (Å²) in [5, 5.41) is 2.98. The molecule has 1 fully saturated rings. The molecule has 1 aliphatic heterocycles. The number of nitrogens with zero attached hydrogens (tertiary/aromatic N) is 2. The lowest BCUT2D eigenvalue weighted by Crippen LogP contribution is -2.43. The van der Waals surface area contributed by atoms with Gasteiger partial charge in [0.25, 0.3) is 5.56 Å². The van der Waals surface area contributed by atoms with Gasteiger partial charge in [-0.25, -0.2) is 9.78 Å². The van der Waals surface area contributed by atoms with E-state index in [0.717, 1.165) is 4.57 Å². The number of aromatic nitrogens is 3. The van der Waals surface area contributed by atoms with Gasteiger partial charge in [-0.3, -0.25) is 14.2 Å². The summed E-state index contributed by atoms with van der Waals surface area (Å²) in [5.41, 5.74) is 0.115. The lowest BCUT2D eigenvalue weighted by Gasteiger charge is -2.23. The molecule has 0 aliphatic carbocycles. The number of halogens is 1. The van der Waals surface area contributed by atoms with E-state index < -0.39 is 17.3 Å². The van der Waals surface area contributed by atoms with E-state index in [1.165, 1.54) is 24.6 Å². The second kappa shape index (κ2) is 6.82. The van der Waals surface area contributed by atoms with E-state index in [-0.39, 0.29) is 17.5 Å². The van der Waals surface area contributed by atoms with Crippen LogP contribution in [-0.4, -0.2) is 34.1 Å². The molecule has 0 spiro atoms. The molecule has 1 atom stereocenters. The van der Waals surface area contributed by atoms with E-state index in [0.29, 0.717) is 39.4 Å². The van der Waals surface area contributed by atoms with Gasteiger partial charge in [-0.15, -0.1) is 11.3 Å². The van der Waals surface area contributed by atoms with Gasteiger partial charge in [-0.1, -0.05) is 11.6 Å². The number of fused-ring (bicyclic) bond motifs is 1. The van der Waals surface area contributed by atoms with Crippen molar-refractivity contribution in [3.8, 4) is 16.2 Å². The first-order chi connectivity index (χ1) is 13.0. The van der Waals surface area contributed by atoms with Gasteiger partial charge in [0.05, 0.1) is 24.9 Å². The van der Waals surface area contributed by atoms with E-state index >= 15 is 0 Å². The third-order valence-corrected chi connectivity index (χ3v) is 5.96. The SMILES string of the molecule is COc1cnc(Cl)c(-c2cc3[nH]c(=O)n(C4CCNC(=O)C4)c(=O)c3s2)c1. The highest BCUT2D eigenvalue weighted by Gasteiger charge is 2.25. The Balaban J connectivity index is 1.87. The summed E-state index contributed by atoms with van der Waals surface area (Å²) in [6.45, 7) is 0.439. The topological polar surface area (TPSA) is 106 Å². The first-order valence-electron chi connectivity index (χ1n) is 8.23. The lowest BCUT2D eigenvalue weighted by molar-refractivity contribution is -0.123. The standard InChI is InChI=1S/C17H15ClN4O4S/c1-26-9-5-10(15(18)20-7-9)12-6-11-14(27-12)16(24)22(17(25)21-11)8-2-3-19-13(23)4-8/h5-8H,2-4H2,1H3,(H,19,23)(H,21,25). The van der Waals surface area contributed by atoms with Crippen molar-refractivity contribution in [2.75, 3.05) is 13.7 Å². The summed E-state index contributed by atoms with van der Waals surface area (Å²) in [6.07, 6.45) is 2.14. The van der Waals surface area contributed by atoms with Crippen LogP contribution < -0.4 is 21.3 Å². The van der Waals surface area contributed by atoms with E-state index in [1.54, 1.807) is 12.1 Å². The summed E-state index contributed by atoms with van der Waals surface area (Å²) in [7, 11) is 1.52. The van der Waals surface area contributed by atoms with Crippen molar-refractivity contribution in [1.82, 2.24) is 19.9 Å². The van der Waals surface area contributed by atoms with Crippen molar-refractivity contribution < 1.29 is 9.53 Å². The Hall–Kier alpha value is -2.65. The molecule has 0 radical (unpaired) electrons. The molecule has 0 bridgehead atoms. The summed E-state index contributed by atoms with van der Waals surface area (Å²) >= 11 is 7.41. The molecule has 140 valence electrons. The average Bonchev–Trinajstić information content (AvgIpc) is 3.06. The van der Waals surface area contributed by atoms with Gasteiger partial charge in [0.1, 0.15) is 15.6 Å². The summed E-state index contributed by atoms with van der Waals surface area (Å²) < 4.78 is 6.72. The van der Waals surface area contributed by atoms with Gasteiger partial charge in [0.15, 0.2) is 0 Å². The Bertz CT molecular complexity index is 1170. The molecule has 4 rings (SSSR count). The van der Waals surface area contributed by atoms with Crippen LogP contribution in [0.5, 0.6) is 5.75 Å². The first kappa shape index (κ1) is 17.7. The minimum atomic E-state index is -0.522. The van der Waals surface area contributed by atoms with Gasteiger partial charge in [0.2, 0.25) is 5.91 Å². The summed E-state index contributed by atoms with van der Waals surface area (Å²) in [4.78, 5) is 44.6. The minimum Gasteiger partial charge on any atom is -0.495 e. The second-order valence-corrected chi connectivity index (χ2v) is 7.58. The van der Waals surface area contributed by atoms with Crippen LogP contribution in [-0.2, 0) is 4.79 Å². The highest BCUT2D eigenvalue weighted by atomic mass is 35.5. The van der Waals surface area contributed by atoms with Crippen LogP contribution in [0, 0.1) is 0 Å². The Kier molecular flexibility index (Phi) is 4.48. The van der Waals surface area contributed by atoms with Gasteiger partial charge in [0, 0.05) is 23.4 Å². The number of amides is 1. The van der Waals surface area contributed by atoms with Crippen LogP contribution in [0.2, 0.25) is 5.15 Å². The number of rotatable bonds is 3. The first-order valence-corrected chi connectivity index (χ1v) is 9.42. The number of thiophene rings is 1. The number of methoxy groups -OCH3 is 1. The zero-order chi connectivity index (χ0) is 19.1. The number of carbonyl (C=O) groups excluding carboxylic acids is 1. The van der Waals surface area contributed by atoms with Crippen molar-refractivity contribution in [3.05, 3.63) is 44.3 Å². The highest BCUT2D eigenvalue weighted by Crippen LogP contribution is 2.36. The van der Waals surface area contributed by atoms with Crippen molar-refractivity contribution in [2.45, 2.75) is 18.9 Å². The quantitative estimate of drug-likeness (QED) is 0.646. The lowest BCUT2D eigenvalue weighted by atomic mass is 10.1. The van der Waals surface area contributed by atoms with Crippen molar-refractivity contribution in [3.63, 3.8) is 0 Å². The van der Waals surface area contributed by atoms with Crippen molar-refractivity contribution in [2.24, 2.45) is 0 Å². The maximum Gasteiger partial charge on any atom is 0.329 e. The van der Waals surface area contributed by atoms with Crippen LogP contribution >= 0.6 is 22.9 Å². The number of pyridine rings is 1. The Morgan fingerprint density at radius 1 is 1.33 bits per heavy atom. The fraction of sp³-hybridized carbons (Fsp3) is 0.294. The molecule has 1 aliphatic rings. The molecule has 0 saturated carbocycles. The summed E-state index contributed by atoms with van der Waals surface area (Å²) in [5.74, 6) is 0.365. The molecular formula is C17H15ClN4O4S. The smallest absolute Gasteiger partial charge is 0.329 e. The predicted molar refractivity (Wildman–Crippen MR) is 103 cm³/mol. The molecule has 0 aromatic carbocycles. The molecule has 2 N–H and O–H groups in total. The predicted octanol–water partition coefficient (Wildman–Crippen LogP) is 1.93. The normalized spacial score (nSPS) is 17.1. The summed E-state index contributed by atoms with van der Waals surface area (Å²) in [6, 6.07) is 2.97. The van der Waals surface area contributed by atoms with Crippen LogP contribution in [0.25, 0.3) is 20.7 Å². The molecule has 4 heterocycles. The maximum absolute atomic E-state index is 13.0. The van der Waals surface area contributed by atoms with Crippen molar-refractivity contribution >= 4 is 39.1 Å². The molecular weight excluding hydrogens is 392 g/mol. The van der Waals surface area contributed by atoms with E-state index in [4.69, 9.17) is 16.3 Å². The van der Waals surface area contributed by atoms with Crippen LogP contribution in [0.1, 0.15) is 18.9 Å². The number of hydrogen-bond acceptors (Lipinski definition) is 6. The zero-order valence-corrected chi connectivity index (χ0v) is 15.8. The Morgan fingerprint density at radius 3 is 2.89 bits per heavy atom. The Morgan fingerprint density at radius 2 is 2.15 bits per heavy atom. The van der Waals surface area contributed by atoms with Crippen LogP contribution in [0.15, 0.2) is 27.9 Å². The van der Waals surface area contributed by atoms with Crippen LogP contribution in [0.3, 0.4) is 0 Å². The number of ether oxygens (including phenoxy) is 1. The molecule has 8 nitrogen and oxygen atoms in total. The van der Waals surface area contributed by atoms with E-state index in [2.05, 4.69) is 15.3 Å². The van der Waals surface area contributed by atoms with E-state index in [9.17, 15) is 14.4 Å². The van der Waals surface area contributed by atoms with Crippen molar-refractivity contribution in [1.29, 1.82) is 0 Å². The molecule has 1 amide bonds. The molecule has 10 heteroatoms. The number of nitrogens with one attached hydrogen (secondary N) is 2. The highest BCUT2D eigenvalue weighted by molar-refractivity contribution is 7.22. The van der Waals surface area contributed by atoms with E-state index in [1.807, 2.05) is 0 Å². The second-order valence-electron chi connectivity index (χ2n) is 6.17. The maximum atomic E-state index is 13.0. The average molecular weight is 407 g/mol. The largest absolute Gasteiger partial charge is 0.495 e. The van der Waals surface area contributed by atoms with Crippen LogP contribution in [0.4, 0.5) is 0 Å². The number of aromatic amines is 1. The third-order valence-electron chi connectivity index (χ3n) is 4.51. The molecule has 3 aromatic heterocycles. The zero-order valence-electron chi connectivity index (χ0n) is 14.2. The molecule has 27 heavy (non-hydrogen) atoms. The molecule has 1 unspecified atom stereocenters. The van der Waals surface area contributed by atoms with Gasteiger partial charge < -0.3 is 15.0 Å². The number of carbonyl (C=O) groups is 1. The molecule has 3 aromatic rings. The molecule has 1 saturated heterocycles. The third kappa shape index (κ3) is 3.13. The number of H-pyrrole nitrogens is 1.